The molecule has 1 spiro atoms. The molecule has 0 amide bonds. The van der Waals surface area contributed by atoms with Crippen LogP contribution in [0.1, 0.15) is 45.8 Å². The van der Waals surface area contributed by atoms with Gasteiger partial charge in [0, 0.05) is 26.7 Å². The summed E-state index contributed by atoms with van der Waals surface area (Å²) in [6, 6.07) is 71.2. The maximum absolute atomic E-state index is 5.29. The molecule has 1 aliphatic heterocycles. The molecule has 0 bridgehead atoms. The summed E-state index contributed by atoms with van der Waals surface area (Å²) in [5.74, 6) is 0.935. The fourth-order valence-corrected chi connectivity index (χ4v) is 12.1. The largest absolute Gasteiger partial charge is 0.228 e. The topological polar surface area (TPSA) is 25.8 Å². The second-order valence-electron chi connectivity index (χ2n) is 16.7. The van der Waals surface area contributed by atoms with E-state index in [0.717, 1.165) is 40.0 Å². The highest BCUT2D eigenvalue weighted by Crippen LogP contribution is 2.65. The summed E-state index contributed by atoms with van der Waals surface area (Å²) in [5, 5.41) is 6.24. The molecule has 0 fully saturated rings. The molecule has 3 heteroatoms. The smallest absolute Gasteiger partial charge is 0.160 e. The third-order valence-corrected chi connectivity index (χ3v) is 14.8. The molecule has 3 aliphatic rings. The van der Waals surface area contributed by atoms with Gasteiger partial charge in [0.1, 0.15) is 0 Å². The maximum atomic E-state index is 5.29. The first kappa shape index (κ1) is 35.4. The van der Waals surface area contributed by atoms with Crippen molar-refractivity contribution < 1.29 is 0 Å². The minimum absolute atomic E-state index is 0.195. The quantitative estimate of drug-likeness (QED) is 0.177. The summed E-state index contributed by atoms with van der Waals surface area (Å²) in [6.07, 6.45) is 8.00. The molecule has 2 aliphatic carbocycles. The van der Waals surface area contributed by atoms with Crippen LogP contribution in [-0.2, 0) is 5.41 Å². The molecule has 1 unspecified atom stereocenters. The predicted octanol–water partition coefficient (Wildman–Crippen LogP) is 15.2. The number of hydrogen-bond donors (Lipinski definition) is 0. The van der Waals surface area contributed by atoms with E-state index in [4.69, 9.17) is 9.97 Å². The van der Waals surface area contributed by atoms with Crippen LogP contribution in [0.2, 0.25) is 0 Å². The Morgan fingerprint density at radius 2 is 1.08 bits per heavy atom. The number of allylic oxidation sites excluding steroid dienone is 4. The zero-order valence-corrected chi connectivity index (χ0v) is 34.6. The Kier molecular flexibility index (Phi) is 7.92. The molecule has 2 heterocycles. The van der Waals surface area contributed by atoms with Gasteiger partial charge in [-0.15, -0.1) is 0 Å². The number of benzene rings is 9. The molecule has 13 rings (SSSR count). The highest BCUT2D eigenvalue weighted by atomic mass is 32.2. The average molecular weight is 807 g/mol. The van der Waals surface area contributed by atoms with Crippen molar-refractivity contribution in [2.75, 3.05) is 0 Å². The van der Waals surface area contributed by atoms with E-state index in [1.165, 1.54) is 81.4 Å². The Morgan fingerprint density at radius 1 is 0.468 bits per heavy atom. The summed E-state index contributed by atoms with van der Waals surface area (Å²) in [5.41, 5.74) is 15.5. The zero-order chi connectivity index (χ0) is 40.8. The van der Waals surface area contributed by atoms with Gasteiger partial charge in [0.2, 0.25) is 0 Å². The van der Waals surface area contributed by atoms with E-state index in [9.17, 15) is 0 Å². The highest BCUT2D eigenvalue weighted by molar-refractivity contribution is 8.00. The zero-order valence-electron chi connectivity index (χ0n) is 33.8. The lowest BCUT2D eigenvalue weighted by molar-refractivity contribution is 0.727. The van der Waals surface area contributed by atoms with Crippen molar-refractivity contribution in [3.8, 4) is 33.6 Å². The second-order valence-corrected chi connectivity index (χ2v) is 17.7. The van der Waals surface area contributed by atoms with Gasteiger partial charge < -0.3 is 0 Å². The van der Waals surface area contributed by atoms with Gasteiger partial charge in [-0.2, -0.15) is 0 Å². The van der Waals surface area contributed by atoms with E-state index < -0.39 is 5.41 Å². The summed E-state index contributed by atoms with van der Waals surface area (Å²) < 4.78 is 0. The molecule has 0 radical (unpaired) electrons. The van der Waals surface area contributed by atoms with Gasteiger partial charge >= 0.3 is 0 Å². The first-order valence-corrected chi connectivity index (χ1v) is 22.3. The minimum Gasteiger partial charge on any atom is -0.228 e. The average Bonchev–Trinajstić information content (AvgIpc) is 3.64. The molecule has 0 saturated heterocycles. The lowest BCUT2D eigenvalue weighted by atomic mass is 9.66. The van der Waals surface area contributed by atoms with E-state index in [1.54, 1.807) is 0 Å². The van der Waals surface area contributed by atoms with Crippen LogP contribution < -0.4 is 0 Å². The van der Waals surface area contributed by atoms with Gasteiger partial charge in [-0.05, 0) is 89.7 Å². The van der Waals surface area contributed by atoms with Gasteiger partial charge in [0.25, 0.3) is 0 Å². The van der Waals surface area contributed by atoms with Crippen LogP contribution in [0.5, 0.6) is 0 Å². The number of hydrogen-bond acceptors (Lipinski definition) is 3. The van der Waals surface area contributed by atoms with Gasteiger partial charge in [-0.3, -0.25) is 0 Å². The minimum atomic E-state index is -0.471. The van der Waals surface area contributed by atoms with Gasteiger partial charge in [-0.1, -0.05) is 218 Å². The van der Waals surface area contributed by atoms with Crippen LogP contribution >= 0.6 is 11.8 Å². The molecule has 9 aromatic carbocycles. The number of fused-ring (bicyclic) bond motifs is 14. The molecule has 1 aromatic heterocycles. The molecular formula is C59H38N2S. The van der Waals surface area contributed by atoms with Crippen molar-refractivity contribution in [3.05, 3.63) is 246 Å². The summed E-state index contributed by atoms with van der Waals surface area (Å²) in [4.78, 5) is 13.1. The fourth-order valence-electron chi connectivity index (χ4n) is 10.7. The van der Waals surface area contributed by atoms with Gasteiger partial charge in [0.05, 0.1) is 16.6 Å². The van der Waals surface area contributed by atoms with Crippen molar-refractivity contribution in [2.45, 2.75) is 27.5 Å². The van der Waals surface area contributed by atoms with E-state index in [0.29, 0.717) is 0 Å². The molecule has 1 atom stereocenters. The number of rotatable bonds is 4. The van der Waals surface area contributed by atoms with Crippen LogP contribution in [0.25, 0.3) is 71.7 Å². The Hall–Kier alpha value is -7.33. The summed E-state index contributed by atoms with van der Waals surface area (Å²) in [6.45, 7) is 0. The Morgan fingerprint density at radius 3 is 1.81 bits per heavy atom. The molecule has 0 saturated carbocycles. The van der Waals surface area contributed by atoms with Crippen LogP contribution in [0.3, 0.4) is 0 Å². The first-order chi connectivity index (χ1) is 30.7. The van der Waals surface area contributed by atoms with Crippen molar-refractivity contribution in [3.63, 3.8) is 0 Å². The Labute approximate surface area is 365 Å². The van der Waals surface area contributed by atoms with E-state index in [-0.39, 0.29) is 5.92 Å². The van der Waals surface area contributed by atoms with Crippen LogP contribution in [0.15, 0.2) is 222 Å². The molecule has 2 nitrogen and oxygen atoms in total. The fraction of sp³-hybridized carbons (Fsp3) is 0.0508. The molecule has 0 N–H and O–H groups in total. The van der Waals surface area contributed by atoms with Crippen molar-refractivity contribution in [2.24, 2.45) is 0 Å². The van der Waals surface area contributed by atoms with E-state index >= 15 is 0 Å². The number of para-hydroxylation sites is 1. The molecule has 290 valence electrons. The van der Waals surface area contributed by atoms with E-state index in [1.807, 2.05) is 11.8 Å². The standard InChI is InChI=1S/C59H38N2S/c1-2-13-37(14-3-1)38-25-31-43(32-26-38)58-60-53-24-11-9-20-48(53)55(61-58)42-29-27-41(28-30-42)44-21-12-23-50-54(44)47-19-8-10-22-49(47)59(50)51-35-33-39-15-4-6-17-45(39)56(51)62-57-46-18-7-5-16-40(46)34-36-52(57)59/h1-27,29-36,41H,28H2. The van der Waals surface area contributed by atoms with Gasteiger partial charge in [0.15, 0.2) is 5.82 Å². The number of nitrogens with zero attached hydrogens (tertiary/aromatic N) is 2. The third-order valence-electron chi connectivity index (χ3n) is 13.5. The van der Waals surface area contributed by atoms with Crippen molar-refractivity contribution in [1.29, 1.82) is 0 Å². The first-order valence-electron chi connectivity index (χ1n) is 21.5. The van der Waals surface area contributed by atoms with E-state index in [2.05, 4.69) is 212 Å². The molecule has 62 heavy (non-hydrogen) atoms. The number of aromatic nitrogens is 2. The SMILES string of the molecule is C1=CC(c2cccc3c2-c2ccccc2C32c3ccc4ccccc4c3Sc3c2ccc2ccccc32)CC=C1c1nc(-c2ccc(-c3ccccc3)cc2)nc2ccccc12. The van der Waals surface area contributed by atoms with Crippen molar-refractivity contribution in [1.82, 2.24) is 9.97 Å². The predicted molar refractivity (Wildman–Crippen MR) is 258 cm³/mol. The maximum Gasteiger partial charge on any atom is 0.160 e. The van der Waals surface area contributed by atoms with Crippen molar-refractivity contribution >= 4 is 49.8 Å². The summed E-state index contributed by atoms with van der Waals surface area (Å²) in [7, 11) is 0. The summed E-state index contributed by atoms with van der Waals surface area (Å²) >= 11 is 1.95. The lowest BCUT2D eigenvalue weighted by Crippen LogP contribution is -2.32. The molecular weight excluding hydrogens is 769 g/mol. The normalized spacial score (nSPS) is 15.6. The van der Waals surface area contributed by atoms with Crippen LogP contribution in [-0.4, -0.2) is 9.97 Å². The third kappa shape index (κ3) is 5.19. The molecule has 10 aromatic rings. The van der Waals surface area contributed by atoms with Crippen LogP contribution in [0.4, 0.5) is 0 Å². The Bertz CT molecular complexity index is 3440. The lowest BCUT2D eigenvalue weighted by Gasteiger charge is -2.40. The second kappa shape index (κ2) is 13.9. The van der Waals surface area contributed by atoms with Gasteiger partial charge in [-0.25, -0.2) is 9.97 Å². The highest BCUT2D eigenvalue weighted by Gasteiger charge is 2.51. The Balaban J connectivity index is 0.944. The monoisotopic (exact) mass is 806 g/mol. The van der Waals surface area contributed by atoms with Crippen LogP contribution in [0, 0.1) is 0 Å².